The maximum absolute atomic E-state index is 5.52. The Morgan fingerprint density at radius 1 is 0.526 bits per heavy atom. The van der Waals surface area contributed by atoms with Gasteiger partial charge in [-0.3, -0.25) is 0 Å². The monoisotopic (exact) mass is 1110 g/mol. The van der Waals surface area contributed by atoms with Crippen molar-refractivity contribution in [3.63, 3.8) is 0 Å². The van der Waals surface area contributed by atoms with E-state index in [4.69, 9.17) is 30.0 Å². The van der Waals surface area contributed by atoms with E-state index in [1.807, 2.05) is 0 Å². The minimum absolute atomic E-state index is 2.28. The summed E-state index contributed by atoms with van der Waals surface area (Å²) in [4.78, 5) is 0. The summed E-state index contributed by atoms with van der Waals surface area (Å²) in [6.45, 7) is 0. The Morgan fingerprint density at radius 3 is 1.16 bits per heavy atom. The van der Waals surface area contributed by atoms with Gasteiger partial charge in [-0.25, -0.2) is 0 Å². The van der Waals surface area contributed by atoms with Gasteiger partial charge in [0.05, 0.1) is 0 Å². The summed E-state index contributed by atoms with van der Waals surface area (Å²) in [6, 6.07) is 0. The molecule has 0 saturated carbocycles. The molecule has 0 N–H and O–H groups in total. The Labute approximate surface area is 146 Å². The number of hydrogen-bond donors (Lipinski definition) is 0. The SMILES string of the molecule is [O]([Bi]1[O][Si]2([O]1)[O][Bi]([O][Si]13[O][Bi]([O]1)[O]3)[O]2)[Si]12[O][Bi]([O]1)[O]2. The van der Waals surface area contributed by atoms with Crippen LogP contribution in [-0.4, -0.2) is 119 Å². The standard InChI is InChI=1S/4Bi.3O4Si/c;;;;3*1-5(2,3)4/q4*+3;3*-4. The third kappa shape index (κ3) is 2.08. The first kappa shape index (κ1) is 13.9. The van der Waals surface area contributed by atoms with E-state index in [9.17, 15) is 0 Å². The molecule has 8 saturated heterocycles. The van der Waals surface area contributed by atoms with Crippen molar-refractivity contribution in [2.24, 2.45) is 0 Å². The first-order valence-electron chi connectivity index (χ1n) is 4.64. The molecule has 8 aliphatic heterocycles. The van der Waals surface area contributed by atoms with E-state index in [-0.39, 0.29) is 0 Å². The molecule has 0 aliphatic carbocycles. The van der Waals surface area contributed by atoms with E-state index in [0.717, 1.165) is 0 Å². The predicted molar refractivity (Wildman–Crippen MR) is 53.3 cm³/mol. The van der Waals surface area contributed by atoms with E-state index in [0.29, 0.717) is 0 Å². The maximum atomic E-state index is 5.52. The molecule has 0 amide bonds. The molecule has 8 heterocycles. The van der Waals surface area contributed by atoms with Crippen LogP contribution in [0.1, 0.15) is 0 Å². The van der Waals surface area contributed by atoms with E-state index < -0.39 is 119 Å². The Hall–Kier alpha value is 3.70. The second-order valence-electron chi connectivity index (χ2n) is 3.49. The van der Waals surface area contributed by atoms with Gasteiger partial charge in [0.25, 0.3) is 0 Å². The molecule has 4 bridgehead atoms. The van der Waals surface area contributed by atoms with Gasteiger partial charge in [-0.05, 0) is 0 Å². The van der Waals surface area contributed by atoms with Crippen LogP contribution in [0.2, 0.25) is 0 Å². The zero-order chi connectivity index (χ0) is 12.3. The molecule has 0 atom stereocenters. The average molecular weight is 1110 g/mol. The van der Waals surface area contributed by atoms with E-state index in [1.165, 1.54) is 0 Å². The summed E-state index contributed by atoms with van der Waals surface area (Å²) in [5.41, 5.74) is 0. The van der Waals surface area contributed by atoms with Crippen LogP contribution in [0.4, 0.5) is 0 Å². The van der Waals surface area contributed by atoms with Crippen LogP contribution < -0.4 is 0 Å². The van der Waals surface area contributed by atoms with Gasteiger partial charge in [0.15, 0.2) is 0 Å². The van der Waals surface area contributed by atoms with Crippen molar-refractivity contribution in [3.05, 3.63) is 0 Å². The van der Waals surface area contributed by atoms with Crippen molar-refractivity contribution >= 4 is 119 Å². The Bertz CT molecular complexity index is 380. The van der Waals surface area contributed by atoms with Gasteiger partial charge >= 0.3 is 149 Å². The minimum atomic E-state index is -2.91. The van der Waals surface area contributed by atoms with Crippen molar-refractivity contribution in [1.29, 1.82) is 0 Å². The van der Waals surface area contributed by atoms with Gasteiger partial charge in [-0.2, -0.15) is 0 Å². The zero-order valence-electron chi connectivity index (χ0n) is 8.19. The first-order valence-corrected chi connectivity index (χ1v) is 26.6. The molecule has 8 fully saturated rings. The molecule has 0 aromatic heterocycles. The Morgan fingerprint density at radius 2 is 0.895 bits per heavy atom. The molecule has 8 rings (SSSR count). The molecule has 104 valence electrons. The van der Waals surface area contributed by atoms with Crippen molar-refractivity contribution in [2.45, 2.75) is 0 Å². The quantitative estimate of drug-likeness (QED) is 0.261. The van der Waals surface area contributed by atoms with Crippen LogP contribution in [0.5, 0.6) is 0 Å². The van der Waals surface area contributed by atoms with Crippen molar-refractivity contribution < 1.29 is 30.0 Å². The molecule has 19 heavy (non-hydrogen) atoms. The summed E-state index contributed by atoms with van der Waals surface area (Å²) < 4.78 is 64.8. The molecule has 19 heteroatoms. The van der Waals surface area contributed by atoms with E-state index >= 15 is 0 Å². The third-order valence-electron chi connectivity index (χ3n) is 2.24. The second-order valence-corrected chi connectivity index (χ2v) is 41.2. The van der Waals surface area contributed by atoms with Crippen LogP contribution >= 0.6 is 0 Å². The average Bonchev–Trinajstić information content (AvgIpc) is 2.00. The van der Waals surface area contributed by atoms with Gasteiger partial charge in [0.1, 0.15) is 0 Å². The van der Waals surface area contributed by atoms with Crippen LogP contribution in [0.3, 0.4) is 0 Å². The summed E-state index contributed by atoms with van der Waals surface area (Å²) >= 11 is -10.4. The fraction of sp³-hybridized carbons (Fsp3) is 0. The van der Waals surface area contributed by atoms with E-state index in [2.05, 4.69) is 0 Å². The second kappa shape index (κ2) is 4.45. The van der Waals surface area contributed by atoms with Gasteiger partial charge in [0, 0.05) is 0 Å². The predicted octanol–water partition coefficient (Wildman–Crippen LogP) is -3.49. The van der Waals surface area contributed by atoms with Crippen LogP contribution in [0.15, 0.2) is 0 Å². The topological polar surface area (TPSA) is 111 Å². The molecule has 0 unspecified atom stereocenters. The number of hydrogen-bond acceptors (Lipinski definition) is 12. The first-order chi connectivity index (χ1) is 9.14. The Balaban J connectivity index is 1.000. The van der Waals surface area contributed by atoms with Crippen molar-refractivity contribution in [2.75, 3.05) is 0 Å². The van der Waals surface area contributed by atoms with Crippen LogP contribution in [0.25, 0.3) is 0 Å². The number of rotatable bonds is 4. The fourth-order valence-electron chi connectivity index (χ4n) is 1.39. The zero-order valence-corrected chi connectivity index (χ0v) is 25.1. The molecule has 0 radical (unpaired) electrons. The summed E-state index contributed by atoms with van der Waals surface area (Å²) in [6.07, 6.45) is 0. The van der Waals surface area contributed by atoms with Crippen molar-refractivity contribution in [1.82, 2.24) is 0 Å². The molecule has 8 aliphatic rings. The van der Waals surface area contributed by atoms with Crippen LogP contribution in [-0.2, 0) is 30.0 Å². The molecular formula is Bi4O12Si3. The molecular weight excluding hydrogens is 1110 g/mol. The molecule has 0 aromatic carbocycles. The van der Waals surface area contributed by atoms with Gasteiger partial charge < -0.3 is 0 Å². The van der Waals surface area contributed by atoms with E-state index in [1.54, 1.807) is 0 Å². The van der Waals surface area contributed by atoms with Gasteiger partial charge in [0.2, 0.25) is 0 Å². The summed E-state index contributed by atoms with van der Waals surface area (Å²) in [7, 11) is -8.29. The third-order valence-corrected chi connectivity index (χ3v) is 58.9. The van der Waals surface area contributed by atoms with Crippen LogP contribution in [0, 0.1) is 0 Å². The van der Waals surface area contributed by atoms with Crippen molar-refractivity contribution in [3.8, 4) is 0 Å². The molecule has 0 aromatic rings. The van der Waals surface area contributed by atoms with Gasteiger partial charge in [-0.1, -0.05) is 0 Å². The molecule has 1 spiro atoms. The summed E-state index contributed by atoms with van der Waals surface area (Å²) in [5, 5.41) is 0. The summed E-state index contributed by atoms with van der Waals surface area (Å²) in [5.74, 6) is 0. The Kier molecular flexibility index (Phi) is 3.27. The normalized spacial score (nSPS) is 40.4. The molecule has 12 nitrogen and oxygen atoms in total. The van der Waals surface area contributed by atoms with Gasteiger partial charge in [-0.15, -0.1) is 0 Å². The fourth-order valence-corrected chi connectivity index (χ4v) is 74.7.